The second-order valence-corrected chi connectivity index (χ2v) is 11.4. The van der Waals surface area contributed by atoms with E-state index in [-0.39, 0.29) is 12.2 Å². The maximum atomic E-state index is 13.4. The van der Waals surface area contributed by atoms with E-state index in [1.807, 2.05) is 54.6 Å². The molecule has 0 saturated carbocycles. The highest BCUT2D eigenvalue weighted by atomic mass is 32.2. The van der Waals surface area contributed by atoms with Crippen molar-refractivity contribution in [2.45, 2.75) is 21.5 Å². The van der Waals surface area contributed by atoms with Gasteiger partial charge in [-0.3, -0.25) is 4.72 Å². The molecule has 5 rings (SSSR count). The Morgan fingerprint density at radius 2 is 1.59 bits per heavy atom. The van der Waals surface area contributed by atoms with Crippen LogP contribution in [0.3, 0.4) is 0 Å². The van der Waals surface area contributed by atoms with Gasteiger partial charge in [-0.05, 0) is 48.9 Å². The van der Waals surface area contributed by atoms with Crippen LogP contribution in [0.1, 0.15) is 6.42 Å². The van der Waals surface area contributed by atoms with Crippen LogP contribution in [0.5, 0.6) is 17.2 Å². The van der Waals surface area contributed by atoms with Crippen LogP contribution >= 0.6 is 11.8 Å². The quantitative estimate of drug-likeness (QED) is 0.245. The van der Waals surface area contributed by atoms with E-state index >= 15 is 0 Å². The number of nitrogens with one attached hydrogen (secondary N) is 1. The van der Waals surface area contributed by atoms with E-state index in [4.69, 9.17) is 9.47 Å². The molecule has 4 aromatic rings. The zero-order valence-corrected chi connectivity index (χ0v) is 21.6. The highest BCUT2D eigenvalue weighted by Crippen LogP contribution is 2.43. The fourth-order valence-electron chi connectivity index (χ4n) is 4.06. The first-order valence-electron chi connectivity index (χ1n) is 11.6. The number of phenolic OH excluding ortho intramolecular Hbond substituents is 1. The molecule has 4 aromatic carbocycles. The number of fused-ring (bicyclic) bond motifs is 1. The lowest BCUT2D eigenvalue weighted by Crippen LogP contribution is -2.27. The minimum Gasteiger partial charge on any atom is -0.506 e. The van der Waals surface area contributed by atoms with Crippen LogP contribution in [-0.4, -0.2) is 25.9 Å². The monoisotopic (exact) mass is 531 g/mol. The third-order valence-electron chi connectivity index (χ3n) is 5.93. The summed E-state index contributed by atoms with van der Waals surface area (Å²) in [5.41, 5.74) is 0.417. The predicted molar refractivity (Wildman–Crippen MR) is 148 cm³/mol. The molecule has 8 heteroatoms. The minimum absolute atomic E-state index is 0.117. The van der Waals surface area contributed by atoms with Crippen molar-refractivity contribution < 1.29 is 23.0 Å². The number of ether oxygens (including phenoxy) is 2. The molecule has 0 amide bonds. The third-order valence-corrected chi connectivity index (χ3v) is 8.62. The minimum atomic E-state index is -3.79. The first-order chi connectivity index (χ1) is 17.9. The number of benzene rings is 4. The van der Waals surface area contributed by atoms with Crippen LogP contribution in [0.4, 0.5) is 5.69 Å². The number of hydrogen-bond acceptors (Lipinski definition) is 6. The van der Waals surface area contributed by atoms with Crippen molar-refractivity contribution in [1.29, 1.82) is 0 Å². The van der Waals surface area contributed by atoms with Gasteiger partial charge < -0.3 is 14.6 Å². The van der Waals surface area contributed by atoms with Gasteiger partial charge in [0.05, 0.1) is 17.7 Å². The van der Waals surface area contributed by atoms with Crippen molar-refractivity contribution in [3.8, 4) is 17.2 Å². The fourth-order valence-corrected chi connectivity index (χ4v) is 6.25. The molecule has 0 aliphatic heterocycles. The summed E-state index contributed by atoms with van der Waals surface area (Å²) >= 11 is 1.37. The number of hydrogen-bond donors (Lipinski definition) is 2. The zero-order valence-electron chi connectivity index (χ0n) is 20.0. The Hall–Kier alpha value is -3.88. The molecule has 1 aliphatic rings. The van der Waals surface area contributed by atoms with Gasteiger partial charge in [-0.25, -0.2) is 8.42 Å². The van der Waals surface area contributed by atoms with Gasteiger partial charge in [-0.15, -0.1) is 0 Å². The number of rotatable bonds is 8. The number of allylic oxidation sites excluding steroid dienone is 2. The van der Waals surface area contributed by atoms with Crippen molar-refractivity contribution in [2.24, 2.45) is 0 Å². The van der Waals surface area contributed by atoms with Crippen LogP contribution in [-0.2, 0) is 10.0 Å². The molecule has 0 bridgehead atoms. The van der Waals surface area contributed by atoms with Gasteiger partial charge in [0, 0.05) is 15.7 Å². The average molecular weight is 532 g/mol. The maximum absolute atomic E-state index is 13.4. The van der Waals surface area contributed by atoms with Crippen molar-refractivity contribution in [2.75, 3.05) is 11.8 Å². The number of methoxy groups -OCH3 is 1. The lowest BCUT2D eigenvalue weighted by molar-refractivity contribution is 0.366. The Morgan fingerprint density at radius 1 is 0.919 bits per heavy atom. The van der Waals surface area contributed by atoms with Crippen LogP contribution in [0, 0.1) is 0 Å². The largest absolute Gasteiger partial charge is 0.506 e. The van der Waals surface area contributed by atoms with Gasteiger partial charge >= 0.3 is 0 Å². The van der Waals surface area contributed by atoms with Gasteiger partial charge in [0.25, 0.3) is 0 Å². The number of sulfonamides is 1. The van der Waals surface area contributed by atoms with E-state index in [0.717, 1.165) is 4.90 Å². The summed E-state index contributed by atoms with van der Waals surface area (Å²) in [6.07, 6.45) is 5.28. The molecule has 0 aromatic heterocycles. The maximum Gasteiger partial charge on any atom is 0.239 e. The predicted octanol–water partition coefficient (Wildman–Crippen LogP) is 6.74. The number of phenols is 1. The average Bonchev–Trinajstić information content (AvgIpc) is 2.92. The Bertz CT molecular complexity index is 1600. The van der Waals surface area contributed by atoms with Crippen molar-refractivity contribution in [3.05, 3.63) is 109 Å². The first kappa shape index (κ1) is 24.8. The van der Waals surface area contributed by atoms with Crippen LogP contribution in [0.2, 0.25) is 0 Å². The summed E-state index contributed by atoms with van der Waals surface area (Å²) in [6.45, 7) is 0. The van der Waals surface area contributed by atoms with Crippen molar-refractivity contribution in [1.82, 2.24) is 0 Å². The Balaban J connectivity index is 1.39. The van der Waals surface area contributed by atoms with Crippen LogP contribution in [0.15, 0.2) is 119 Å². The molecule has 0 fully saturated rings. The van der Waals surface area contributed by atoms with Gasteiger partial charge in [0.2, 0.25) is 10.0 Å². The van der Waals surface area contributed by atoms with E-state index in [1.165, 1.54) is 11.8 Å². The fraction of sp³-hybridized carbons (Fsp3) is 0.103. The molecular formula is C29H25NO5S2. The van der Waals surface area contributed by atoms with E-state index in [2.05, 4.69) is 4.72 Å². The van der Waals surface area contributed by atoms with E-state index in [0.29, 0.717) is 38.6 Å². The molecule has 37 heavy (non-hydrogen) atoms. The molecule has 0 spiro atoms. The summed E-state index contributed by atoms with van der Waals surface area (Å²) in [5, 5.41) is 11.3. The topological polar surface area (TPSA) is 84.9 Å². The zero-order chi connectivity index (χ0) is 25.8. The Morgan fingerprint density at radius 3 is 2.30 bits per heavy atom. The number of aromatic hydroxyl groups is 1. The van der Waals surface area contributed by atoms with E-state index in [9.17, 15) is 13.5 Å². The molecule has 1 atom stereocenters. The van der Waals surface area contributed by atoms with Gasteiger partial charge in [0.1, 0.15) is 16.8 Å². The highest BCUT2D eigenvalue weighted by Gasteiger charge is 2.26. The Labute approximate surface area is 220 Å². The second-order valence-electron chi connectivity index (χ2n) is 8.37. The SMILES string of the molecule is COc1ccccc1OC1=CCC(S(=O)(=O)Nc2cc(Sc3ccccc3)c(O)c3ccccc23)C=C1. The normalized spacial score (nSPS) is 15.3. The highest BCUT2D eigenvalue weighted by molar-refractivity contribution is 7.99. The van der Waals surface area contributed by atoms with Crippen molar-refractivity contribution >= 4 is 38.2 Å². The molecule has 2 N–H and O–H groups in total. The lowest BCUT2D eigenvalue weighted by Gasteiger charge is -2.20. The van der Waals surface area contributed by atoms with Gasteiger partial charge in [-0.1, -0.05) is 72.4 Å². The van der Waals surface area contributed by atoms with Crippen LogP contribution in [0.25, 0.3) is 10.8 Å². The summed E-state index contributed by atoms with van der Waals surface area (Å²) in [5.74, 6) is 1.81. The Kier molecular flexibility index (Phi) is 7.12. The molecule has 0 radical (unpaired) electrons. The summed E-state index contributed by atoms with van der Waals surface area (Å²) < 4.78 is 40.8. The van der Waals surface area contributed by atoms with E-state index in [1.54, 1.807) is 55.7 Å². The van der Waals surface area contributed by atoms with E-state index < -0.39 is 15.3 Å². The molecule has 0 saturated heterocycles. The summed E-state index contributed by atoms with van der Waals surface area (Å²) in [6, 6.07) is 25.8. The standard InChI is InChI=1S/C29H25NO5S2/c1-34-26-13-7-8-14-27(26)35-20-15-17-22(18-16-20)37(32,33)30-25-19-28(36-21-9-3-2-4-10-21)29(31)24-12-6-5-11-23(24)25/h2-17,19,22,30-31H,18H2,1H3. The van der Waals surface area contributed by atoms with Crippen LogP contribution < -0.4 is 14.2 Å². The van der Waals surface area contributed by atoms with Gasteiger partial charge in [-0.2, -0.15) is 0 Å². The third kappa shape index (κ3) is 5.45. The number of anilines is 1. The first-order valence-corrected chi connectivity index (χ1v) is 14.0. The number of para-hydroxylation sites is 2. The summed E-state index contributed by atoms with van der Waals surface area (Å²) in [7, 11) is -2.22. The van der Waals surface area contributed by atoms with Gasteiger partial charge in [0.15, 0.2) is 11.5 Å². The molecule has 6 nitrogen and oxygen atoms in total. The molecule has 0 heterocycles. The smallest absolute Gasteiger partial charge is 0.239 e. The molecule has 188 valence electrons. The van der Waals surface area contributed by atoms with Crippen molar-refractivity contribution in [3.63, 3.8) is 0 Å². The summed E-state index contributed by atoms with van der Waals surface area (Å²) in [4.78, 5) is 1.50. The second kappa shape index (κ2) is 10.6. The lowest BCUT2D eigenvalue weighted by atomic mass is 10.1. The molecule has 1 unspecified atom stereocenters. The molecule has 1 aliphatic carbocycles. The molecular weight excluding hydrogens is 506 g/mol.